The molecule has 0 spiro atoms. The zero-order valence-electron chi connectivity index (χ0n) is 22.6. The first-order chi connectivity index (χ1) is 19.8. The molecule has 5 nitrogen and oxygen atoms in total. The van der Waals surface area contributed by atoms with E-state index in [4.69, 9.17) is 23.7 Å². The van der Waals surface area contributed by atoms with E-state index in [0.29, 0.717) is 33.0 Å². The van der Waals surface area contributed by atoms with E-state index in [-0.39, 0.29) is 0 Å². The van der Waals surface area contributed by atoms with Crippen LogP contribution in [0.4, 0.5) is 0 Å². The lowest BCUT2D eigenvalue weighted by Gasteiger charge is -2.42. The molecule has 206 valence electrons. The van der Waals surface area contributed by atoms with Crippen molar-refractivity contribution in [2.75, 3.05) is 6.61 Å². The SMILES string of the molecule is C=C1[C@@H](OCc2ccccc2)[C@H](OCc2ccccc2)O[C@H](COCc2ccccc2)[C@@H]1OCc1ccccc1. The minimum absolute atomic E-state index is 0.323. The summed E-state index contributed by atoms with van der Waals surface area (Å²) >= 11 is 0. The summed E-state index contributed by atoms with van der Waals surface area (Å²) in [6, 6.07) is 40.3. The molecule has 0 radical (unpaired) electrons. The molecule has 0 amide bonds. The van der Waals surface area contributed by atoms with Crippen LogP contribution in [0.2, 0.25) is 0 Å². The maximum absolute atomic E-state index is 6.56. The fourth-order valence-corrected chi connectivity index (χ4v) is 4.68. The molecule has 1 heterocycles. The van der Waals surface area contributed by atoms with Crippen LogP contribution < -0.4 is 0 Å². The number of hydrogen-bond acceptors (Lipinski definition) is 5. The normalized spacial score (nSPS) is 20.9. The lowest BCUT2D eigenvalue weighted by atomic mass is 9.96. The Hall–Kier alpha value is -3.58. The minimum Gasteiger partial charge on any atom is -0.374 e. The quantitative estimate of drug-likeness (QED) is 0.175. The molecule has 40 heavy (non-hydrogen) atoms. The Labute approximate surface area is 236 Å². The van der Waals surface area contributed by atoms with Crippen molar-refractivity contribution in [3.63, 3.8) is 0 Å². The van der Waals surface area contributed by atoms with E-state index in [2.05, 4.69) is 6.58 Å². The maximum atomic E-state index is 6.56. The van der Waals surface area contributed by atoms with Crippen molar-refractivity contribution in [3.05, 3.63) is 156 Å². The van der Waals surface area contributed by atoms with Crippen LogP contribution in [0, 0.1) is 0 Å². The van der Waals surface area contributed by atoms with E-state index in [1.165, 1.54) is 0 Å². The summed E-state index contributed by atoms with van der Waals surface area (Å²) in [5.74, 6) is 0. The molecule has 0 N–H and O–H groups in total. The van der Waals surface area contributed by atoms with Crippen LogP contribution in [-0.2, 0) is 50.1 Å². The monoisotopic (exact) mass is 536 g/mol. The Kier molecular flexibility index (Phi) is 10.3. The van der Waals surface area contributed by atoms with Crippen LogP contribution in [0.1, 0.15) is 22.3 Å². The van der Waals surface area contributed by atoms with Gasteiger partial charge in [-0.05, 0) is 27.8 Å². The van der Waals surface area contributed by atoms with Crippen LogP contribution in [0.3, 0.4) is 0 Å². The highest BCUT2D eigenvalue weighted by Crippen LogP contribution is 2.32. The molecule has 0 aromatic heterocycles. The number of ether oxygens (including phenoxy) is 5. The van der Waals surface area contributed by atoms with E-state index in [1.54, 1.807) is 0 Å². The smallest absolute Gasteiger partial charge is 0.188 e. The average Bonchev–Trinajstić information content (AvgIpc) is 3.01. The van der Waals surface area contributed by atoms with Gasteiger partial charge in [-0.15, -0.1) is 0 Å². The van der Waals surface area contributed by atoms with E-state index in [1.807, 2.05) is 121 Å². The van der Waals surface area contributed by atoms with Gasteiger partial charge >= 0.3 is 0 Å². The highest BCUT2D eigenvalue weighted by Gasteiger charge is 2.43. The molecule has 4 aromatic rings. The first-order valence-electron chi connectivity index (χ1n) is 13.7. The third-order valence-corrected chi connectivity index (χ3v) is 6.82. The van der Waals surface area contributed by atoms with E-state index >= 15 is 0 Å². The molecule has 0 saturated carbocycles. The van der Waals surface area contributed by atoms with Crippen molar-refractivity contribution in [2.45, 2.75) is 51.0 Å². The second-order valence-corrected chi connectivity index (χ2v) is 9.85. The lowest BCUT2D eigenvalue weighted by molar-refractivity contribution is -0.272. The predicted molar refractivity (Wildman–Crippen MR) is 155 cm³/mol. The molecule has 5 heteroatoms. The number of hydrogen-bond donors (Lipinski definition) is 0. The van der Waals surface area contributed by atoms with Gasteiger partial charge in [0.2, 0.25) is 0 Å². The molecule has 1 aliphatic rings. The Morgan fingerprint density at radius 1 is 0.500 bits per heavy atom. The van der Waals surface area contributed by atoms with Gasteiger partial charge in [-0.3, -0.25) is 0 Å². The topological polar surface area (TPSA) is 46.2 Å². The third-order valence-electron chi connectivity index (χ3n) is 6.82. The van der Waals surface area contributed by atoms with Crippen molar-refractivity contribution in [1.82, 2.24) is 0 Å². The van der Waals surface area contributed by atoms with Gasteiger partial charge in [-0.2, -0.15) is 0 Å². The molecule has 0 bridgehead atoms. The Bertz CT molecular complexity index is 1280. The summed E-state index contributed by atoms with van der Waals surface area (Å²) in [5, 5.41) is 0. The molecule has 4 aromatic carbocycles. The summed E-state index contributed by atoms with van der Waals surface area (Å²) in [6.07, 6.45) is -2.04. The molecule has 4 atom stereocenters. The van der Waals surface area contributed by atoms with Gasteiger partial charge in [-0.1, -0.05) is 128 Å². The zero-order chi connectivity index (χ0) is 27.4. The highest BCUT2D eigenvalue weighted by molar-refractivity contribution is 5.20. The van der Waals surface area contributed by atoms with Crippen LogP contribution in [-0.4, -0.2) is 31.2 Å². The van der Waals surface area contributed by atoms with Gasteiger partial charge in [-0.25, -0.2) is 0 Å². The second-order valence-electron chi connectivity index (χ2n) is 9.85. The fourth-order valence-electron chi connectivity index (χ4n) is 4.68. The van der Waals surface area contributed by atoms with Gasteiger partial charge in [0.25, 0.3) is 0 Å². The van der Waals surface area contributed by atoms with Gasteiger partial charge in [0.15, 0.2) is 6.29 Å². The molecule has 1 saturated heterocycles. The standard InChI is InChI=1S/C35H36O5/c1-27-33(37-23-29-16-8-3-9-17-29)32(26-36-22-28-14-6-2-7-15-28)40-35(39-25-31-20-12-5-13-21-31)34(27)38-24-30-18-10-4-11-19-30/h2-21,32-35H,1,22-26H2/t32-,33-,34-,35-/m1/s1. The highest BCUT2D eigenvalue weighted by atomic mass is 16.7. The molecule has 0 unspecified atom stereocenters. The summed E-state index contributed by atoms with van der Waals surface area (Å²) in [5.41, 5.74) is 5.07. The van der Waals surface area contributed by atoms with E-state index in [9.17, 15) is 0 Å². The van der Waals surface area contributed by atoms with Crippen LogP contribution in [0.15, 0.2) is 133 Å². The third kappa shape index (κ3) is 7.98. The summed E-state index contributed by atoms with van der Waals surface area (Å²) < 4.78 is 31.9. The molecule has 0 aliphatic carbocycles. The van der Waals surface area contributed by atoms with Crippen molar-refractivity contribution < 1.29 is 23.7 Å². The van der Waals surface area contributed by atoms with Crippen molar-refractivity contribution in [1.29, 1.82) is 0 Å². The largest absolute Gasteiger partial charge is 0.374 e. The molecular formula is C35H36O5. The van der Waals surface area contributed by atoms with E-state index in [0.717, 1.165) is 27.8 Å². The number of rotatable bonds is 13. The summed E-state index contributed by atoms with van der Waals surface area (Å²) in [6.45, 7) is 6.46. The van der Waals surface area contributed by atoms with E-state index < -0.39 is 24.6 Å². The van der Waals surface area contributed by atoms with Crippen molar-refractivity contribution >= 4 is 0 Å². The van der Waals surface area contributed by atoms with Gasteiger partial charge in [0, 0.05) is 0 Å². The van der Waals surface area contributed by atoms with Crippen molar-refractivity contribution in [2.24, 2.45) is 0 Å². The van der Waals surface area contributed by atoms with Crippen LogP contribution in [0.25, 0.3) is 0 Å². The maximum Gasteiger partial charge on any atom is 0.188 e. The Balaban J connectivity index is 1.33. The Morgan fingerprint density at radius 3 is 1.38 bits per heavy atom. The van der Waals surface area contributed by atoms with Crippen LogP contribution >= 0.6 is 0 Å². The zero-order valence-corrected chi connectivity index (χ0v) is 22.6. The van der Waals surface area contributed by atoms with Crippen LogP contribution in [0.5, 0.6) is 0 Å². The average molecular weight is 537 g/mol. The summed E-state index contributed by atoms with van der Waals surface area (Å²) in [4.78, 5) is 0. The van der Waals surface area contributed by atoms with Gasteiger partial charge < -0.3 is 23.7 Å². The fraction of sp³-hybridized carbons (Fsp3) is 0.257. The molecule has 1 aliphatic heterocycles. The second kappa shape index (κ2) is 14.7. The Morgan fingerprint density at radius 2 is 0.900 bits per heavy atom. The van der Waals surface area contributed by atoms with Gasteiger partial charge in [0.1, 0.15) is 18.3 Å². The first kappa shape index (κ1) is 28.0. The number of benzene rings is 4. The van der Waals surface area contributed by atoms with Gasteiger partial charge in [0.05, 0.1) is 33.0 Å². The van der Waals surface area contributed by atoms with Crippen molar-refractivity contribution in [3.8, 4) is 0 Å². The molecule has 5 rings (SSSR count). The lowest BCUT2D eigenvalue weighted by Crippen LogP contribution is -2.53. The predicted octanol–water partition coefficient (Wildman–Crippen LogP) is 6.87. The molecular weight excluding hydrogens is 500 g/mol. The minimum atomic E-state index is -0.668. The molecule has 1 fully saturated rings. The summed E-state index contributed by atoms with van der Waals surface area (Å²) in [7, 11) is 0. The first-order valence-corrected chi connectivity index (χ1v) is 13.7.